The molecule has 0 unspecified atom stereocenters. The minimum absolute atomic E-state index is 0.00403. The highest BCUT2D eigenvalue weighted by molar-refractivity contribution is 7.13. The number of nitrogens with zero attached hydrogens (tertiary/aromatic N) is 1. The van der Waals surface area contributed by atoms with E-state index in [1.54, 1.807) is 11.3 Å². The molecule has 1 spiro atoms. The average molecular weight is 234 g/mol. The molecule has 0 radical (unpaired) electrons. The van der Waals surface area contributed by atoms with Gasteiger partial charge in [0.2, 0.25) is 0 Å². The van der Waals surface area contributed by atoms with Crippen LogP contribution in [0.1, 0.15) is 37.0 Å². The molecular weight excluding hydrogens is 220 g/mol. The molecule has 3 rings (SSSR count). The van der Waals surface area contributed by atoms with Crippen LogP contribution in [-0.4, -0.2) is 17.3 Å². The fraction of sp³-hybridized carbons (Fsp3) is 0.500. The highest BCUT2D eigenvalue weighted by Gasteiger charge is 2.40. The van der Waals surface area contributed by atoms with Crippen LogP contribution in [-0.2, 0) is 4.79 Å². The van der Waals surface area contributed by atoms with Crippen LogP contribution in [0.2, 0.25) is 0 Å². The molecule has 1 aliphatic heterocycles. The van der Waals surface area contributed by atoms with Crippen LogP contribution >= 0.6 is 11.3 Å². The largest absolute Gasteiger partial charge is 0.326 e. The number of carbonyl (C=O) groups excluding carboxylic acids is 1. The molecule has 1 aromatic heterocycles. The third kappa shape index (κ3) is 1.57. The number of amides is 1. The quantitative estimate of drug-likeness (QED) is 0.796. The standard InChI is InChI=1S/C12H14N2OS/c15-11-10(9-5-4-8-16-9)13-12(14-11)6-2-1-3-7-12/h4-5,8H,1-3,6-7H2,(H,14,15). The minimum Gasteiger partial charge on any atom is -0.326 e. The fourth-order valence-electron chi connectivity index (χ4n) is 2.52. The first kappa shape index (κ1) is 10.0. The van der Waals surface area contributed by atoms with Crippen molar-refractivity contribution in [2.75, 3.05) is 0 Å². The topological polar surface area (TPSA) is 41.5 Å². The van der Waals surface area contributed by atoms with Crippen molar-refractivity contribution in [3.63, 3.8) is 0 Å². The van der Waals surface area contributed by atoms with E-state index in [0.29, 0.717) is 5.71 Å². The number of rotatable bonds is 1. The number of thiophene rings is 1. The van der Waals surface area contributed by atoms with Crippen molar-refractivity contribution in [3.05, 3.63) is 22.4 Å². The summed E-state index contributed by atoms with van der Waals surface area (Å²) in [6.45, 7) is 0. The first-order chi connectivity index (χ1) is 7.79. The molecule has 1 N–H and O–H groups in total. The second-order valence-corrected chi connectivity index (χ2v) is 5.43. The lowest BCUT2D eigenvalue weighted by atomic mass is 9.90. The summed E-state index contributed by atoms with van der Waals surface area (Å²) in [6.07, 6.45) is 5.59. The molecule has 1 aromatic rings. The predicted molar refractivity (Wildman–Crippen MR) is 64.8 cm³/mol. The van der Waals surface area contributed by atoms with Crippen LogP contribution in [0.3, 0.4) is 0 Å². The van der Waals surface area contributed by atoms with Gasteiger partial charge in [0.05, 0.1) is 4.88 Å². The van der Waals surface area contributed by atoms with E-state index < -0.39 is 0 Å². The van der Waals surface area contributed by atoms with Gasteiger partial charge in [-0.1, -0.05) is 12.5 Å². The molecule has 0 atom stereocenters. The van der Waals surface area contributed by atoms with E-state index in [9.17, 15) is 4.79 Å². The summed E-state index contributed by atoms with van der Waals surface area (Å²) in [5.74, 6) is 0.00403. The van der Waals surface area contributed by atoms with Crippen LogP contribution in [0.4, 0.5) is 0 Å². The summed E-state index contributed by atoms with van der Waals surface area (Å²) in [4.78, 5) is 17.6. The summed E-state index contributed by atoms with van der Waals surface area (Å²) in [5, 5.41) is 5.05. The molecule has 0 aromatic carbocycles. The van der Waals surface area contributed by atoms with Gasteiger partial charge in [0, 0.05) is 0 Å². The highest BCUT2D eigenvalue weighted by Crippen LogP contribution is 2.33. The Morgan fingerprint density at radius 2 is 2.12 bits per heavy atom. The van der Waals surface area contributed by atoms with E-state index in [2.05, 4.69) is 10.3 Å². The van der Waals surface area contributed by atoms with Gasteiger partial charge in [-0.25, -0.2) is 0 Å². The summed E-state index contributed by atoms with van der Waals surface area (Å²) in [7, 11) is 0. The number of hydrogen-bond acceptors (Lipinski definition) is 3. The minimum atomic E-state index is -0.269. The second kappa shape index (κ2) is 3.70. The lowest BCUT2D eigenvalue weighted by Gasteiger charge is -2.30. The number of carbonyl (C=O) groups is 1. The SMILES string of the molecule is O=C1NC2(CCCCC2)N=C1c1cccs1. The smallest absolute Gasteiger partial charge is 0.272 e. The monoisotopic (exact) mass is 234 g/mol. The van der Waals surface area contributed by atoms with E-state index in [0.717, 1.165) is 17.7 Å². The molecule has 1 aliphatic carbocycles. The zero-order chi connectivity index (χ0) is 11.0. The van der Waals surface area contributed by atoms with Crippen molar-refractivity contribution in [3.8, 4) is 0 Å². The highest BCUT2D eigenvalue weighted by atomic mass is 32.1. The molecule has 2 heterocycles. The van der Waals surface area contributed by atoms with Crippen LogP contribution in [0.5, 0.6) is 0 Å². The van der Waals surface area contributed by atoms with Crippen LogP contribution < -0.4 is 5.32 Å². The molecule has 2 aliphatic rings. The summed E-state index contributed by atoms with van der Waals surface area (Å²) < 4.78 is 0. The Morgan fingerprint density at radius 1 is 1.31 bits per heavy atom. The van der Waals surface area contributed by atoms with E-state index in [4.69, 9.17) is 0 Å². The molecule has 1 amide bonds. The van der Waals surface area contributed by atoms with Gasteiger partial charge >= 0.3 is 0 Å². The predicted octanol–water partition coefficient (Wildman–Crippen LogP) is 2.33. The van der Waals surface area contributed by atoms with Gasteiger partial charge in [-0.3, -0.25) is 9.79 Å². The zero-order valence-electron chi connectivity index (χ0n) is 9.03. The summed E-state index contributed by atoms with van der Waals surface area (Å²) >= 11 is 1.58. The van der Waals surface area contributed by atoms with Crippen molar-refractivity contribution < 1.29 is 4.79 Å². The molecular formula is C12H14N2OS. The third-order valence-corrected chi connectivity index (χ3v) is 4.20. The summed E-state index contributed by atoms with van der Waals surface area (Å²) in [6, 6.07) is 3.92. The van der Waals surface area contributed by atoms with Gasteiger partial charge in [0.1, 0.15) is 11.4 Å². The van der Waals surface area contributed by atoms with Gasteiger partial charge in [0.25, 0.3) is 5.91 Å². The Labute approximate surface area is 98.6 Å². The van der Waals surface area contributed by atoms with Crippen LogP contribution in [0, 0.1) is 0 Å². The number of nitrogens with one attached hydrogen (secondary N) is 1. The lowest BCUT2D eigenvalue weighted by Crippen LogP contribution is -2.43. The van der Waals surface area contributed by atoms with Crippen molar-refractivity contribution in [2.24, 2.45) is 4.99 Å². The van der Waals surface area contributed by atoms with E-state index >= 15 is 0 Å². The third-order valence-electron chi connectivity index (χ3n) is 3.32. The Bertz CT molecular complexity index is 430. The molecule has 4 heteroatoms. The molecule has 84 valence electrons. The average Bonchev–Trinajstić information content (AvgIpc) is 2.88. The van der Waals surface area contributed by atoms with Crippen molar-refractivity contribution in [1.29, 1.82) is 0 Å². The molecule has 0 saturated heterocycles. The van der Waals surface area contributed by atoms with Crippen molar-refractivity contribution in [1.82, 2.24) is 5.32 Å². The Morgan fingerprint density at radius 3 is 2.81 bits per heavy atom. The molecule has 16 heavy (non-hydrogen) atoms. The molecule has 0 bridgehead atoms. The summed E-state index contributed by atoms with van der Waals surface area (Å²) in [5.41, 5.74) is 0.367. The Kier molecular flexibility index (Phi) is 2.32. The van der Waals surface area contributed by atoms with Gasteiger partial charge in [-0.15, -0.1) is 11.3 Å². The molecule has 3 nitrogen and oxygen atoms in total. The van der Waals surface area contributed by atoms with Crippen LogP contribution in [0.25, 0.3) is 0 Å². The number of hydrogen-bond donors (Lipinski definition) is 1. The van der Waals surface area contributed by atoms with Crippen molar-refractivity contribution in [2.45, 2.75) is 37.8 Å². The fourth-order valence-corrected chi connectivity index (χ4v) is 3.23. The lowest BCUT2D eigenvalue weighted by molar-refractivity contribution is -0.115. The molecule has 1 saturated carbocycles. The van der Waals surface area contributed by atoms with E-state index in [-0.39, 0.29) is 11.6 Å². The maximum Gasteiger partial charge on any atom is 0.272 e. The van der Waals surface area contributed by atoms with Crippen molar-refractivity contribution >= 4 is 23.0 Å². The number of aliphatic imine (C=N–C) groups is 1. The van der Waals surface area contributed by atoms with Crippen LogP contribution in [0.15, 0.2) is 22.5 Å². The normalized spacial score (nSPS) is 23.2. The van der Waals surface area contributed by atoms with Gasteiger partial charge < -0.3 is 5.32 Å². The maximum absolute atomic E-state index is 11.9. The zero-order valence-corrected chi connectivity index (χ0v) is 9.85. The second-order valence-electron chi connectivity index (χ2n) is 4.48. The van der Waals surface area contributed by atoms with E-state index in [1.807, 2.05) is 17.5 Å². The van der Waals surface area contributed by atoms with E-state index in [1.165, 1.54) is 19.3 Å². The Balaban J connectivity index is 1.94. The van der Waals surface area contributed by atoms with Gasteiger partial charge in [-0.2, -0.15) is 0 Å². The first-order valence-electron chi connectivity index (χ1n) is 5.75. The molecule has 1 fully saturated rings. The first-order valence-corrected chi connectivity index (χ1v) is 6.63. The van der Waals surface area contributed by atoms with Gasteiger partial charge in [0.15, 0.2) is 0 Å². The Hall–Kier alpha value is -1.16. The maximum atomic E-state index is 11.9. The van der Waals surface area contributed by atoms with Gasteiger partial charge in [-0.05, 0) is 37.1 Å².